The van der Waals surface area contributed by atoms with E-state index in [0.717, 1.165) is 17.0 Å². The Bertz CT molecular complexity index is 1050. The summed E-state index contributed by atoms with van der Waals surface area (Å²) in [6.07, 6.45) is 1.68. The van der Waals surface area contributed by atoms with E-state index in [4.69, 9.17) is 0 Å². The number of carbonyl (C=O) groups is 1. The Morgan fingerprint density at radius 1 is 1.11 bits per heavy atom. The van der Waals surface area contributed by atoms with Gasteiger partial charge in [0.1, 0.15) is 0 Å². The van der Waals surface area contributed by atoms with E-state index in [1.54, 1.807) is 0 Å². The molecule has 192 valence electrons. The Morgan fingerprint density at radius 2 is 1.77 bits per heavy atom. The second-order valence-electron chi connectivity index (χ2n) is 8.50. The lowest BCUT2D eigenvalue weighted by atomic mass is 10.1. The number of rotatable bonds is 15. The minimum Gasteiger partial charge on any atom is -0.395 e. The van der Waals surface area contributed by atoms with Crippen molar-refractivity contribution in [3.05, 3.63) is 64.7 Å². The monoisotopic (exact) mass is 523 g/mol. The maximum Gasteiger partial charge on any atom is 0.269 e. The van der Waals surface area contributed by atoms with Gasteiger partial charge in [-0.3, -0.25) is 14.9 Å². The number of hydrogen-bond donors (Lipinski definition) is 2. The third-order valence-corrected chi connectivity index (χ3v) is 8.16. The van der Waals surface area contributed by atoms with Gasteiger partial charge in [0.25, 0.3) is 5.69 Å². The summed E-state index contributed by atoms with van der Waals surface area (Å²) >= 11 is 1.46. The Morgan fingerprint density at radius 3 is 2.34 bits per heavy atom. The van der Waals surface area contributed by atoms with E-state index in [0.29, 0.717) is 31.6 Å². The minimum absolute atomic E-state index is 0.0123. The summed E-state index contributed by atoms with van der Waals surface area (Å²) < 4.78 is 27.9. The average Bonchev–Trinajstić information content (AvgIpc) is 2.84. The number of hydrogen-bond acceptors (Lipinski definition) is 7. The van der Waals surface area contributed by atoms with Crippen LogP contribution in [0, 0.1) is 16.0 Å². The molecule has 0 aliphatic carbocycles. The van der Waals surface area contributed by atoms with Gasteiger partial charge >= 0.3 is 0 Å². The van der Waals surface area contributed by atoms with Crippen molar-refractivity contribution in [3.63, 3.8) is 0 Å². The van der Waals surface area contributed by atoms with E-state index >= 15 is 0 Å². The van der Waals surface area contributed by atoms with Gasteiger partial charge in [-0.15, -0.1) is 11.8 Å². The van der Waals surface area contributed by atoms with Crippen molar-refractivity contribution in [1.82, 2.24) is 9.62 Å². The molecule has 0 saturated carbocycles. The number of benzene rings is 2. The molecular formula is C24H33N3O6S2. The predicted molar refractivity (Wildman–Crippen MR) is 137 cm³/mol. The number of amides is 1. The number of sulfonamides is 1. The molecule has 0 aromatic heterocycles. The van der Waals surface area contributed by atoms with Crippen LogP contribution in [-0.2, 0) is 14.8 Å². The lowest BCUT2D eigenvalue weighted by Gasteiger charge is -2.31. The molecule has 0 spiro atoms. The maximum atomic E-state index is 13.3. The topological polar surface area (TPSA) is 130 Å². The molecule has 11 heteroatoms. The second kappa shape index (κ2) is 14.2. The van der Waals surface area contributed by atoms with Crippen molar-refractivity contribution in [2.24, 2.45) is 5.92 Å². The first-order chi connectivity index (χ1) is 16.6. The van der Waals surface area contributed by atoms with E-state index < -0.39 is 21.0 Å². The molecule has 0 radical (unpaired) electrons. The summed E-state index contributed by atoms with van der Waals surface area (Å²) in [4.78, 5) is 23.3. The van der Waals surface area contributed by atoms with Crippen LogP contribution < -0.4 is 5.32 Å². The third kappa shape index (κ3) is 9.25. The zero-order valence-corrected chi connectivity index (χ0v) is 21.6. The van der Waals surface area contributed by atoms with Crippen LogP contribution in [-0.4, -0.2) is 60.2 Å². The molecule has 2 aromatic carbocycles. The number of unbranched alkanes of at least 4 members (excludes halogenated alkanes) is 1. The fourth-order valence-electron chi connectivity index (χ4n) is 3.45. The summed E-state index contributed by atoms with van der Waals surface area (Å²) in [6.45, 7) is 4.09. The molecule has 2 N–H and O–H groups in total. The van der Waals surface area contributed by atoms with E-state index in [1.165, 1.54) is 28.2 Å². The van der Waals surface area contributed by atoms with Crippen molar-refractivity contribution in [1.29, 1.82) is 0 Å². The summed E-state index contributed by atoms with van der Waals surface area (Å²) in [6, 6.07) is 13.8. The van der Waals surface area contributed by atoms with Crippen molar-refractivity contribution in [2.75, 3.05) is 25.4 Å². The number of non-ortho nitro benzene ring substituents is 1. The van der Waals surface area contributed by atoms with Gasteiger partial charge in [-0.2, -0.15) is 4.31 Å². The number of nitro benzene ring substituents is 1. The molecule has 35 heavy (non-hydrogen) atoms. The van der Waals surface area contributed by atoms with Gasteiger partial charge in [0.15, 0.2) is 0 Å². The van der Waals surface area contributed by atoms with Crippen LogP contribution in [0.4, 0.5) is 5.69 Å². The van der Waals surface area contributed by atoms with Crippen molar-refractivity contribution >= 4 is 33.4 Å². The fraction of sp³-hybridized carbons (Fsp3) is 0.458. The molecule has 1 atom stereocenters. The molecule has 2 aromatic rings. The molecule has 0 saturated heterocycles. The maximum absolute atomic E-state index is 13.3. The molecule has 2 rings (SSSR count). The summed E-state index contributed by atoms with van der Waals surface area (Å²) in [5.41, 5.74) is -0.192. The van der Waals surface area contributed by atoms with E-state index in [9.17, 15) is 28.4 Å². The Kier molecular flexibility index (Phi) is 11.7. The lowest BCUT2D eigenvalue weighted by molar-refractivity contribution is -0.384. The largest absolute Gasteiger partial charge is 0.395 e. The van der Waals surface area contributed by atoms with Crippen molar-refractivity contribution in [2.45, 2.75) is 48.9 Å². The van der Waals surface area contributed by atoms with Gasteiger partial charge in [-0.25, -0.2) is 8.42 Å². The molecule has 1 amide bonds. The SMILES string of the molecule is CC(C)CN([C@H](CO)CCCCNC(=O)CSc1ccccc1)S(=O)(=O)c1ccc([N+](=O)[O-])cc1. The highest BCUT2D eigenvalue weighted by Crippen LogP contribution is 2.24. The number of nitro groups is 1. The Hall–Kier alpha value is -2.47. The van der Waals surface area contributed by atoms with Gasteiger partial charge in [0.2, 0.25) is 15.9 Å². The Labute approximate surface area is 211 Å². The highest BCUT2D eigenvalue weighted by Gasteiger charge is 2.31. The summed E-state index contributed by atoms with van der Waals surface area (Å²) in [7, 11) is -3.96. The highest BCUT2D eigenvalue weighted by molar-refractivity contribution is 8.00. The molecule has 0 fully saturated rings. The Balaban J connectivity index is 1.91. The number of nitrogens with zero attached hydrogens (tertiary/aromatic N) is 2. The first-order valence-corrected chi connectivity index (χ1v) is 13.9. The average molecular weight is 524 g/mol. The number of carbonyl (C=O) groups excluding carboxylic acids is 1. The fourth-order valence-corrected chi connectivity index (χ4v) is 6.01. The van der Waals surface area contributed by atoms with Crippen LogP contribution in [0.15, 0.2) is 64.4 Å². The van der Waals surface area contributed by atoms with Crippen molar-refractivity contribution < 1.29 is 23.2 Å². The molecular weight excluding hydrogens is 490 g/mol. The first kappa shape index (κ1) is 28.8. The van der Waals surface area contributed by atoms with Gasteiger partial charge in [-0.1, -0.05) is 38.5 Å². The molecule has 0 heterocycles. The first-order valence-electron chi connectivity index (χ1n) is 11.5. The van der Waals surface area contributed by atoms with Crippen LogP contribution in [0.3, 0.4) is 0 Å². The van der Waals surface area contributed by atoms with E-state index in [1.807, 2.05) is 44.2 Å². The van der Waals surface area contributed by atoms with Gasteiger partial charge < -0.3 is 10.4 Å². The zero-order valence-electron chi connectivity index (χ0n) is 20.0. The van der Waals surface area contributed by atoms with Gasteiger partial charge in [0, 0.05) is 36.2 Å². The third-order valence-electron chi connectivity index (χ3n) is 5.22. The standard InChI is InChI=1S/C24H33N3O6S2/c1-19(2)16-26(35(32,33)23-13-11-20(12-14-23)27(30)31)21(17-28)8-6-7-15-25-24(29)18-34-22-9-4-3-5-10-22/h3-5,9-14,19,21,28H,6-8,15-18H2,1-2H3,(H,25,29)/t21-/m0/s1. The van der Waals surface area contributed by atoms with Crippen LogP contribution in [0.5, 0.6) is 0 Å². The van der Waals surface area contributed by atoms with Crippen LogP contribution in [0.25, 0.3) is 0 Å². The number of thioether (sulfide) groups is 1. The molecule has 0 aliphatic rings. The normalized spacial score (nSPS) is 12.6. The molecule has 0 aliphatic heterocycles. The number of nitrogens with one attached hydrogen (secondary N) is 1. The smallest absolute Gasteiger partial charge is 0.269 e. The number of aliphatic hydroxyl groups is 1. The van der Waals surface area contributed by atoms with Crippen molar-refractivity contribution in [3.8, 4) is 0 Å². The predicted octanol–water partition coefficient (Wildman–Crippen LogP) is 3.68. The summed E-state index contributed by atoms with van der Waals surface area (Å²) in [5, 5.41) is 23.8. The van der Waals surface area contributed by atoms with Crippen LogP contribution in [0.2, 0.25) is 0 Å². The summed E-state index contributed by atoms with van der Waals surface area (Å²) in [5.74, 6) is 0.261. The van der Waals surface area contributed by atoms with Gasteiger partial charge in [0.05, 0.1) is 22.2 Å². The number of aliphatic hydroxyl groups excluding tert-OH is 1. The molecule has 0 bridgehead atoms. The highest BCUT2D eigenvalue weighted by atomic mass is 32.2. The van der Waals surface area contributed by atoms with Crippen LogP contribution >= 0.6 is 11.8 Å². The molecule has 0 unspecified atom stereocenters. The van der Waals surface area contributed by atoms with E-state index in [-0.39, 0.29) is 35.6 Å². The van der Waals surface area contributed by atoms with Gasteiger partial charge in [-0.05, 0) is 43.0 Å². The van der Waals surface area contributed by atoms with E-state index in [2.05, 4.69) is 5.32 Å². The molecule has 9 nitrogen and oxygen atoms in total. The second-order valence-corrected chi connectivity index (χ2v) is 11.4. The zero-order chi connectivity index (χ0) is 25.8. The van der Waals surface area contributed by atoms with Crippen LogP contribution in [0.1, 0.15) is 33.1 Å². The minimum atomic E-state index is -3.96. The quantitative estimate of drug-likeness (QED) is 0.158. The lowest BCUT2D eigenvalue weighted by Crippen LogP contribution is -2.44.